The van der Waals surface area contributed by atoms with Gasteiger partial charge in [0.25, 0.3) is 0 Å². The molecule has 0 radical (unpaired) electrons. The third kappa shape index (κ3) is 4.15. The molecule has 4 nitrogen and oxygen atoms in total. The van der Waals surface area contributed by atoms with Crippen molar-refractivity contribution in [2.75, 3.05) is 13.1 Å². The summed E-state index contributed by atoms with van der Waals surface area (Å²) in [6.45, 7) is 5.17. The van der Waals surface area contributed by atoms with Crippen LogP contribution >= 0.6 is 12.4 Å². The molecule has 14 heavy (non-hydrogen) atoms. The molecule has 84 valence electrons. The van der Waals surface area contributed by atoms with E-state index in [1.807, 2.05) is 13.8 Å². The molecular weight excluding hydrogens is 204 g/mol. The minimum absolute atomic E-state index is 0. The largest absolute Gasteiger partial charge is 0.447 e. The predicted molar refractivity (Wildman–Crippen MR) is 57.6 cm³/mol. The van der Waals surface area contributed by atoms with Crippen molar-refractivity contribution in [3.63, 3.8) is 0 Å². The van der Waals surface area contributed by atoms with Crippen molar-refractivity contribution in [2.45, 2.75) is 38.8 Å². The topological polar surface area (TPSA) is 55.6 Å². The lowest BCUT2D eigenvalue weighted by Crippen LogP contribution is -2.43. The van der Waals surface area contributed by atoms with E-state index in [9.17, 15) is 4.79 Å². The van der Waals surface area contributed by atoms with Crippen LogP contribution in [-0.4, -0.2) is 36.2 Å². The first-order chi connectivity index (χ1) is 6.09. The van der Waals surface area contributed by atoms with E-state index in [4.69, 9.17) is 10.5 Å². The van der Waals surface area contributed by atoms with E-state index in [-0.39, 0.29) is 30.6 Å². The number of carbonyl (C=O) groups is 1. The Labute approximate surface area is 91.2 Å². The molecule has 1 rings (SSSR count). The van der Waals surface area contributed by atoms with Crippen molar-refractivity contribution in [1.29, 1.82) is 0 Å². The van der Waals surface area contributed by atoms with Gasteiger partial charge in [-0.2, -0.15) is 0 Å². The van der Waals surface area contributed by atoms with Crippen LogP contribution in [0.1, 0.15) is 26.7 Å². The zero-order valence-corrected chi connectivity index (χ0v) is 9.55. The van der Waals surface area contributed by atoms with Crippen molar-refractivity contribution >= 4 is 18.5 Å². The highest BCUT2D eigenvalue weighted by molar-refractivity contribution is 5.85. The first-order valence-electron chi connectivity index (χ1n) is 4.80. The van der Waals surface area contributed by atoms with E-state index < -0.39 is 0 Å². The Balaban J connectivity index is 0.00000169. The van der Waals surface area contributed by atoms with Gasteiger partial charge in [-0.1, -0.05) is 0 Å². The van der Waals surface area contributed by atoms with E-state index in [0.29, 0.717) is 0 Å². The smallest absolute Gasteiger partial charge is 0.410 e. The second kappa shape index (κ2) is 6.09. The molecule has 0 unspecified atom stereocenters. The van der Waals surface area contributed by atoms with E-state index in [2.05, 4.69) is 0 Å². The predicted octanol–water partition coefficient (Wildman–Crippen LogP) is 1.38. The molecular formula is C9H19ClN2O2. The van der Waals surface area contributed by atoms with Gasteiger partial charge < -0.3 is 15.4 Å². The first-order valence-corrected chi connectivity index (χ1v) is 4.80. The van der Waals surface area contributed by atoms with Gasteiger partial charge in [-0.25, -0.2) is 4.79 Å². The summed E-state index contributed by atoms with van der Waals surface area (Å²) in [5.74, 6) is 0. The van der Waals surface area contributed by atoms with Gasteiger partial charge in [0.2, 0.25) is 0 Å². The molecule has 1 aliphatic rings. The summed E-state index contributed by atoms with van der Waals surface area (Å²) in [6.07, 6.45) is 1.52. The second-order valence-electron chi connectivity index (χ2n) is 3.76. The number of likely N-dealkylation sites (tertiary alicyclic amines) is 1. The third-order valence-corrected chi connectivity index (χ3v) is 2.13. The molecule has 0 bridgehead atoms. The van der Waals surface area contributed by atoms with Gasteiger partial charge in [0.05, 0.1) is 6.10 Å². The molecule has 0 spiro atoms. The zero-order chi connectivity index (χ0) is 9.84. The number of ether oxygens (including phenoxy) is 1. The van der Waals surface area contributed by atoms with Crippen LogP contribution in [0, 0.1) is 0 Å². The molecule has 0 atom stereocenters. The Morgan fingerprint density at radius 1 is 1.43 bits per heavy atom. The summed E-state index contributed by atoms with van der Waals surface area (Å²) in [5.41, 5.74) is 5.72. The van der Waals surface area contributed by atoms with Crippen molar-refractivity contribution in [1.82, 2.24) is 4.90 Å². The van der Waals surface area contributed by atoms with Gasteiger partial charge in [0, 0.05) is 19.1 Å². The summed E-state index contributed by atoms with van der Waals surface area (Å²) in [6, 6.07) is 0.253. The number of halogens is 1. The number of hydrogen-bond acceptors (Lipinski definition) is 3. The maximum Gasteiger partial charge on any atom is 0.410 e. The Bertz CT molecular complexity index is 180. The molecule has 1 saturated heterocycles. The normalized spacial score (nSPS) is 17.9. The van der Waals surface area contributed by atoms with Gasteiger partial charge in [-0.05, 0) is 26.7 Å². The molecule has 0 aromatic rings. The fraction of sp³-hybridized carbons (Fsp3) is 0.889. The standard InChI is InChI=1S/C9H18N2O2.ClH/c1-7(2)13-9(12)11-5-3-8(10)4-6-11;/h7-8H,3-6,10H2,1-2H3;1H. The number of amides is 1. The van der Waals surface area contributed by atoms with Gasteiger partial charge in [0.1, 0.15) is 0 Å². The van der Waals surface area contributed by atoms with Crippen molar-refractivity contribution < 1.29 is 9.53 Å². The molecule has 0 saturated carbocycles. The van der Waals surface area contributed by atoms with Crippen LogP contribution in [0.2, 0.25) is 0 Å². The van der Waals surface area contributed by atoms with E-state index in [0.717, 1.165) is 25.9 Å². The van der Waals surface area contributed by atoms with Crippen LogP contribution in [0.25, 0.3) is 0 Å². The molecule has 5 heteroatoms. The van der Waals surface area contributed by atoms with Crippen LogP contribution in [0.15, 0.2) is 0 Å². The Hall–Kier alpha value is -0.480. The maximum atomic E-state index is 11.4. The van der Waals surface area contributed by atoms with Crippen LogP contribution in [0.3, 0.4) is 0 Å². The SMILES string of the molecule is CC(C)OC(=O)N1CCC(N)CC1.Cl. The quantitative estimate of drug-likeness (QED) is 0.729. The van der Waals surface area contributed by atoms with Crippen LogP contribution in [0.4, 0.5) is 4.79 Å². The summed E-state index contributed by atoms with van der Waals surface area (Å²) in [4.78, 5) is 13.1. The van der Waals surface area contributed by atoms with Gasteiger partial charge in [-0.3, -0.25) is 0 Å². The fourth-order valence-corrected chi connectivity index (χ4v) is 1.36. The van der Waals surface area contributed by atoms with Gasteiger partial charge >= 0.3 is 6.09 Å². The van der Waals surface area contributed by atoms with Crippen molar-refractivity contribution in [3.8, 4) is 0 Å². The number of carbonyl (C=O) groups excluding carboxylic acids is 1. The van der Waals surface area contributed by atoms with Crippen molar-refractivity contribution in [3.05, 3.63) is 0 Å². The van der Waals surface area contributed by atoms with Gasteiger partial charge in [0.15, 0.2) is 0 Å². The highest BCUT2D eigenvalue weighted by Crippen LogP contribution is 2.09. The second-order valence-corrected chi connectivity index (χ2v) is 3.76. The highest BCUT2D eigenvalue weighted by atomic mass is 35.5. The van der Waals surface area contributed by atoms with Crippen LogP contribution < -0.4 is 5.73 Å². The third-order valence-electron chi connectivity index (χ3n) is 2.13. The lowest BCUT2D eigenvalue weighted by molar-refractivity contribution is 0.0695. The number of nitrogens with two attached hydrogens (primary N) is 1. The lowest BCUT2D eigenvalue weighted by atomic mass is 10.1. The summed E-state index contributed by atoms with van der Waals surface area (Å²) >= 11 is 0. The number of hydrogen-bond donors (Lipinski definition) is 1. The monoisotopic (exact) mass is 222 g/mol. The molecule has 1 heterocycles. The molecule has 0 aromatic heterocycles. The molecule has 0 aromatic carbocycles. The van der Waals surface area contributed by atoms with E-state index in [1.54, 1.807) is 4.90 Å². The summed E-state index contributed by atoms with van der Waals surface area (Å²) < 4.78 is 5.07. The number of piperidine rings is 1. The average molecular weight is 223 g/mol. The highest BCUT2D eigenvalue weighted by Gasteiger charge is 2.21. The zero-order valence-electron chi connectivity index (χ0n) is 8.73. The average Bonchev–Trinajstić information content (AvgIpc) is 2.04. The molecule has 1 fully saturated rings. The summed E-state index contributed by atoms with van der Waals surface area (Å²) in [5, 5.41) is 0. The maximum absolute atomic E-state index is 11.4. The first kappa shape index (κ1) is 13.5. The molecule has 1 amide bonds. The lowest BCUT2D eigenvalue weighted by Gasteiger charge is -2.29. The Morgan fingerprint density at radius 3 is 2.36 bits per heavy atom. The Morgan fingerprint density at radius 2 is 1.93 bits per heavy atom. The van der Waals surface area contributed by atoms with Crippen LogP contribution in [0.5, 0.6) is 0 Å². The number of nitrogens with zero attached hydrogens (tertiary/aromatic N) is 1. The van der Waals surface area contributed by atoms with E-state index in [1.165, 1.54) is 0 Å². The Kier molecular flexibility index (Phi) is 5.88. The molecule has 0 aliphatic carbocycles. The number of rotatable bonds is 1. The van der Waals surface area contributed by atoms with Crippen molar-refractivity contribution in [2.24, 2.45) is 5.73 Å². The minimum Gasteiger partial charge on any atom is -0.447 e. The summed E-state index contributed by atoms with van der Waals surface area (Å²) in [7, 11) is 0. The molecule has 1 aliphatic heterocycles. The van der Waals surface area contributed by atoms with Crippen LogP contribution in [-0.2, 0) is 4.74 Å². The minimum atomic E-state index is -0.207. The molecule has 2 N–H and O–H groups in total. The van der Waals surface area contributed by atoms with E-state index >= 15 is 0 Å². The van der Waals surface area contributed by atoms with Gasteiger partial charge in [-0.15, -0.1) is 12.4 Å². The fourth-order valence-electron chi connectivity index (χ4n) is 1.36.